The largest absolute Gasteiger partial charge is 0.497 e. The molecule has 0 saturated carbocycles. The van der Waals surface area contributed by atoms with Gasteiger partial charge in [-0.3, -0.25) is 4.79 Å². The van der Waals surface area contributed by atoms with E-state index >= 15 is 0 Å². The Morgan fingerprint density at radius 2 is 2.17 bits per heavy atom. The number of rotatable bonds is 7. The van der Waals surface area contributed by atoms with Gasteiger partial charge in [-0.1, -0.05) is 0 Å². The van der Waals surface area contributed by atoms with Crippen molar-refractivity contribution in [3.05, 3.63) is 18.2 Å². The Bertz CT molecular complexity index is 692. The standard InChI is InChI=1S/C14H20N2O7S/c1-21-10-3-4-12(22-2)13(7-10)24(19,20)15-16-5-6-23-11(9-16)8-14(17)18/h3-4,7,11,15H,5-6,8-9H2,1-2H3,(H,17,18)/t11-/m1/s1. The van der Waals surface area contributed by atoms with Crippen LogP contribution in [0.3, 0.4) is 0 Å². The van der Waals surface area contributed by atoms with Gasteiger partial charge in [-0.15, -0.1) is 4.83 Å². The summed E-state index contributed by atoms with van der Waals surface area (Å²) >= 11 is 0. The van der Waals surface area contributed by atoms with Gasteiger partial charge in [-0.25, -0.2) is 13.4 Å². The average molecular weight is 360 g/mol. The maximum absolute atomic E-state index is 12.6. The summed E-state index contributed by atoms with van der Waals surface area (Å²) < 4.78 is 40.7. The van der Waals surface area contributed by atoms with Crippen LogP contribution in [0.25, 0.3) is 0 Å². The first-order valence-electron chi connectivity index (χ1n) is 7.18. The Kier molecular flexibility index (Phi) is 5.99. The molecule has 0 spiro atoms. The van der Waals surface area contributed by atoms with Crippen molar-refractivity contribution in [3.63, 3.8) is 0 Å². The van der Waals surface area contributed by atoms with Gasteiger partial charge in [0, 0.05) is 19.2 Å². The number of carboxylic acids is 1. The molecular formula is C14H20N2O7S. The van der Waals surface area contributed by atoms with Crippen LogP contribution in [-0.2, 0) is 19.6 Å². The molecule has 1 aromatic carbocycles. The SMILES string of the molecule is COc1ccc(OC)c(S(=O)(=O)NN2CCO[C@H](CC(=O)O)C2)c1. The molecule has 1 heterocycles. The summed E-state index contributed by atoms with van der Waals surface area (Å²) in [6.45, 7) is 0.676. The number of carboxylic acid groups (broad SMARTS) is 1. The second-order valence-corrected chi connectivity index (χ2v) is 6.78. The van der Waals surface area contributed by atoms with Crippen LogP contribution in [0, 0.1) is 0 Å². The Hall–Kier alpha value is -1.88. The number of nitrogens with one attached hydrogen (secondary N) is 1. The molecule has 0 unspecified atom stereocenters. The first kappa shape index (κ1) is 18.5. The normalized spacial score (nSPS) is 19.0. The first-order chi connectivity index (χ1) is 11.4. The molecule has 1 atom stereocenters. The van der Waals surface area contributed by atoms with Crippen molar-refractivity contribution in [1.29, 1.82) is 0 Å². The molecule has 9 nitrogen and oxygen atoms in total. The van der Waals surface area contributed by atoms with Gasteiger partial charge >= 0.3 is 5.97 Å². The number of nitrogens with zero attached hydrogens (tertiary/aromatic N) is 1. The van der Waals surface area contributed by atoms with Crippen LogP contribution >= 0.6 is 0 Å². The van der Waals surface area contributed by atoms with E-state index in [1.165, 1.54) is 31.4 Å². The van der Waals surface area contributed by atoms with Crippen molar-refractivity contribution in [2.75, 3.05) is 33.9 Å². The third-order valence-corrected chi connectivity index (χ3v) is 4.85. The fourth-order valence-electron chi connectivity index (χ4n) is 2.33. The molecule has 0 radical (unpaired) electrons. The molecule has 0 aromatic heterocycles. The van der Waals surface area contributed by atoms with E-state index in [1.54, 1.807) is 6.07 Å². The Labute approximate surface area is 140 Å². The monoisotopic (exact) mass is 360 g/mol. The summed E-state index contributed by atoms with van der Waals surface area (Å²) in [4.78, 5) is 13.1. The highest BCUT2D eigenvalue weighted by molar-refractivity contribution is 7.89. The van der Waals surface area contributed by atoms with E-state index in [1.807, 2.05) is 0 Å². The fourth-order valence-corrected chi connectivity index (χ4v) is 3.63. The van der Waals surface area contributed by atoms with E-state index in [0.29, 0.717) is 12.3 Å². The number of hydrazine groups is 1. The summed E-state index contributed by atoms with van der Waals surface area (Å²) in [6, 6.07) is 4.45. The molecule has 1 aromatic rings. The predicted octanol–water partition coefficient (Wildman–Crippen LogP) is 0.0726. The lowest BCUT2D eigenvalue weighted by Crippen LogP contribution is -2.51. The molecule has 0 bridgehead atoms. The summed E-state index contributed by atoms with van der Waals surface area (Å²) in [5, 5.41) is 10.2. The van der Waals surface area contributed by atoms with Gasteiger partial charge in [0.25, 0.3) is 10.0 Å². The molecular weight excluding hydrogens is 340 g/mol. The minimum Gasteiger partial charge on any atom is -0.497 e. The van der Waals surface area contributed by atoms with Crippen molar-refractivity contribution in [1.82, 2.24) is 9.84 Å². The van der Waals surface area contributed by atoms with Gasteiger partial charge < -0.3 is 19.3 Å². The zero-order valence-electron chi connectivity index (χ0n) is 13.4. The topological polar surface area (TPSA) is 114 Å². The van der Waals surface area contributed by atoms with E-state index in [9.17, 15) is 13.2 Å². The maximum atomic E-state index is 12.6. The molecule has 134 valence electrons. The summed E-state index contributed by atoms with van der Waals surface area (Å²) in [5.41, 5.74) is 0. The summed E-state index contributed by atoms with van der Waals surface area (Å²) in [7, 11) is -1.11. The minimum absolute atomic E-state index is 0.0642. The average Bonchev–Trinajstić information content (AvgIpc) is 2.53. The van der Waals surface area contributed by atoms with Gasteiger partial charge in [-0.05, 0) is 12.1 Å². The molecule has 1 saturated heterocycles. The predicted molar refractivity (Wildman–Crippen MR) is 83.4 cm³/mol. The second-order valence-electron chi connectivity index (χ2n) is 5.15. The zero-order chi connectivity index (χ0) is 17.7. The van der Waals surface area contributed by atoms with Crippen LogP contribution in [0.15, 0.2) is 23.1 Å². The number of aliphatic carboxylic acids is 1. The molecule has 0 aliphatic carbocycles. The van der Waals surface area contributed by atoms with E-state index in [4.69, 9.17) is 19.3 Å². The molecule has 2 rings (SSSR count). The third kappa shape index (κ3) is 4.57. The van der Waals surface area contributed by atoms with E-state index in [-0.39, 0.29) is 30.2 Å². The molecule has 1 fully saturated rings. The second kappa shape index (κ2) is 7.79. The van der Waals surface area contributed by atoms with E-state index < -0.39 is 22.1 Å². The molecule has 0 amide bonds. The number of methoxy groups -OCH3 is 2. The van der Waals surface area contributed by atoms with E-state index in [2.05, 4.69) is 4.83 Å². The molecule has 1 aliphatic heterocycles. The number of hydrogen-bond donors (Lipinski definition) is 2. The number of hydrogen-bond acceptors (Lipinski definition) is 7. The van der Waals surface area contributed by atoms with E-state index in [0.717, 1.165) is 0 Å². The van der Waals surface area contributed by atoms with Crippen LogP contribution in [0.5, 0.6) is 11.5 Å². The van der Waals surface area contributed by atoms with Crippen molar-refractivity contribution < 1.29 is 32.5 Å². The highest BCUT2D eigenvalue weighted by Crippen LogP contribution is 2.28. The first-order valence-corrected chi connectivity index (χ1v) is 8.67. The summed E-state index contributed by atoms with van der Waals surface area (Å²) in [6.07, 6.45) is -0.771. The fraction of sp³-hybridized carbons (Fsp3) is 0.500. The smallest absolute Gasteiger partial charge is 0.306 e. The molecule has 10 heteroatoms. The highest BCUT2D eigenvalue weighted by atomic mass is 32.2. The van der Waals surface area contributed by atoms with Crippen LogP contribution in [-0.4, -0.2) is 64.5 Å². The number of sulfonamides is 1. The molecule has 24 heavy (non-hydrogen) atoms. The number of benzene rings is 1. The van der Waals surface area contributed by atoms with Gasteiger partial charge in [0.1, 0.15) is 16.4 Å². The van der Waals surface area contributed by atoms with Crippen molar-refractivity contribution in [2.24, 2.45) is 0 Å². The minimum atomic E-state index is -3.92. The van der Waals surface area contributed by atoms with Gasteiger partial charge in [-0.2, -0.15) is 0 Å². The van der Waals surface area contributed by atoms with Crippen molar-refractivity contribution in [2.45, 2.75) is 17.4 Å². The number of morpholine rings is 1. The van der Waals surface area contributed by atoms with Crippen LogP contribution in [0.2, 0.25) is 0 Å². The van der Waals surface area contributed by atoms with Crippen LogP contribution < -0.4 is 14.3 Å². The van der Waals surface area contributed by atoms with Crippen LogP contribution in [0.4, 0.5) is 0 Å². The molecule has 1 aliphatic rings. The zero-order valence-corrected chi connectivity index (χ0v) is 14.2. The Morgan fingerprint density at radius 3 is 2.79 bits per heavy atom. The third-order valence-electron chi connectivity index (χ3n) is 3.45. The summed E-state index contributed by atoms with van der Waals surface area (Å²) in [5.74, 6) is -0.445. The quantitative estimate of drug-likeness (QED) is 0.702. The van der Waals surface area contributed by atoms with Gasteiger partial charge in [0.2, 0.25) is 0 Å². The lowest BCUT2D eigenvalue weighted by atomic mass is 10.2. The lowest BCUT2D eigenvalue weighted by molar-refractivity contribution is -0.142. The maximum Gasteiger partial charge on any atom is 0.306 e. The lowest BCUT2D eigenvalue weighted by Gasteiger charge is -2.32. The number of carbonyl (C=O) groups is 1. The highest BCUT2D eigenvalue weighted by Gasteiger charge is 2.28. The van der Waals surface area contributed by atoms with Crippen molar-refractivity contribution >= 4 is 16.0 Å². The van der Waals surface area contributed by atoms with Gasteiger partial charge in [0.05, 0.1) is 33.4 Å². The van der Waals surface area contributed by atoms with Gasteiger partial charge in [0.15, 0.2) is 0 Å². The van der Waals surface area contributed by atoms with Crippen LogP contribution in [0.1, 0.15) is 6.42 Å². The van der Waals surface area contributed by atoms with Crippen molar-refractivity contribution in [3.8, 4) is 11.5 Å². The molecule has 2 N–H and O–H groups in total. The Morgan fingerprint density at radius 1 is 1.42 bits per heavy atom. The number of ether oxygens (including phenoxy) is 3. The Balaban J connectivity index is 2.17.